The molecule has 2 aromatic rings. The molecule has 28 heavy (non-hydrogen) atoms. The molecule has 0 atom stereocenters. The summed E-state index contributed by atoms with van der Waals surface area (Å²) in [5, 5.41) is 6.20. The summed E-state index contributed by atoms with van der Waals surface area (Å²) in [7, 11) is 3.11. The van der Waals surface area contributed by atoms with E-state index in [9.17, 15) is 9.59 Å². The van der Waals surface area contributed by atoms with Gasteiger partial charge in [0.25, 0.3) is 5.91 Å². The molecule has 7 heteroatoms. The second-order valence-electron chi connectivity index (χ2n) is 6.38. The second-order valence-corrected chi connectivity index (χ2v) is 6.38. The average Bonchev–Trinajstić information content (AvgIpc) is 3.00. The van der Waals surface area contributed by atoms with Gasteiger partial charge in [-0.2, -0.15) is 0 Å². The monoisotopic (exact) mass is 381 g/mol. The van der Waals surface area contributed by atoms with Crippen LogP contribution in [0.1, 0.15) is 24.5 Å². The third kappa shape index (κ3) is 3.78. The van der Waals surface area contributed by atoms with Crippen molar-refractivity contribution in [3.63, 3.8) is 0 Å². The number of hydrogen-bond acceptors (Lipinski definition) is 5. The Kier molecular flexibility index (Phi) is 5.54. The number of primary amides is 1. The molecule has 0 bridgehead atoms. The van der Waals surface area contributed by atoms with E-state index >= 15 is 0 Å². The third-order valence-corrected chi connectivity index (χ3v) is 4.55. The maximum absolute atomic E-state index is 12.7. The van der Waals surface area contributed by atoms with Gasteiger partial charge in [-0.3, -0.25) is 9.59 Å². The topological polar surface area (TPSA) is 103 Å². The predicted molar refractivity (Wildman–Crippen MR) is 108 cm³/mol. The van der Waals surface area contributed by atoms with Crippen LogP contribution in [-0.2, 0) is 16.0 Å². The number of nitrogens with one attached hydrogen (secondary N) is 2. The minimum atomic E-state index is -0.374. The highest BCUT2D eigenvalue weighted by atomic mass is 16.5. The fraction of sp³-hybridized carbons (Fsp3) is 0.238. The molecule has 0 aliphatic carbocycles. The molecule has 0 radical (unpaired) electrons. The van der Waals surface area contributed by atoms with E-state index in [0.717, 1.165) is 22.5 Å². The van der Waals surface area contributed by atoms with Crippen LogP contribution >= 0.6 is 0 Å². The number of nitrogens with two attached hydrogens (primary N) is 1. The van der Waals surface area contributed by atoms with Crippen LogP contribution in [0.3, 0.4) is 0 Å². The van der Waals surface area contributed by atoms with Crippen LogP contribution in [0.5, 0.6) is 11.5 Å². The highest BCUT2D eigenvalue weighted by Crippen LogP contribution is 2.42. The van der Waals surface area contributed by atoms with E-state index in [0.29, 0.717) is 29.2 Å². The molecule has 0 unspecified atom stereocenters. The first kappa shape index (κ1) is 19.3. The first-order valence-electron chi connectivity index (χ1n) is 8.92. The zero-order valence-electron chi connectivity index (χ0n) is 16.1. The molecule has 1 aliphatic rings. The van der Waals surface area contributed by atoms with Crippen molar-refractivity contribution in [2.45, 2.75) is 19.8 Å². The van der Waals surface area contributed by atoms with E-state index in [-0.39, 0.29) is 18.2 Å². The Morgan fingerprint density at radius 1 is 1.11 bits per heavy atom. The summed E-state index contributed by atoms with van der Waals surface area (Å²) >= 11 is 0. The van der Waals surface area contributed by atoms with Crippen molar-refractivity contribution >= 4 is 28.8 Å². The lowest BCUT2D eigenvalue weighted by Crippen LogP contribution is -2.13. The van der Waals surface area contributed by atoms with Crippen LogP contribution in [0, 0.1) is 0 Å². The van der Waals surface area contributed by atoms with Crippen molar-refractivity contribution in [2.75, 3.05) is 24.9 Å². The van der Waals surface area contributed by atoms with Gasteiger partial charge < -0.3 is 25.8 Å². The molecular weight excluding hydrogens is 358 g/mol. The van der Waals surface area contributed by atoms with Crippen molar-refractivity contribution in [3.8, 4) is 11.5 Å². The van der Waals surface area contributed by atoms with E-state index in [1.165, 1.54) is 0 Å². The maximum atomic E-state index is 12.7. The smallest absolute Gasteiger partial charge is 0.258 e. The molecule has 0 saturated carbocycles. The molecule has 1 heterocycles. The molecule has 0 aromatic heterocycles. The molecule has 2 amide bonds. The summed E-state index contributed by atoms with van der Waals surface area (Å²) in [5.41, 5.74) is 9.68. The van der Waals surface area contributed by atoms with Crippen LogP contribution in [0.4, 0.5) is 11.4 Å². The molecule has 7 nitrogen and oxygen atoms in total. The van der Waals surface area contributed by atoms with Crippen molar-refractivity contribution in [1.82, 2.24) is 0 Å². The van der Waals surface area contributed by atoms with E-state index in [4.69, 9.17) is 15.2 Å². The number of ether oxygens (including phenoxy) is 2. The molecule has 0 spiro atoms. The van der Waals surface area contributed by atoms with E-state index in [1.54, 1.807) is 26.4 Å². The summed E-state index contributed by atoms with van der Waals surface area (Å²) in [6.07, 6.45) is 0.818. The van der Waals surface area contributed by atoms with Crippen molar-refractivity contribution < 1.29 is 19.1 Å². The van der Waals surface area contributed by atoms with Gasteiger partial charge in [0.15, 0.2) is 11.5 Å². The van der Waals surface area contributed by atoms with Gasteiger partial charge in [0.1, 0.15) is 0 Å². The van der Waals surface area contributed by atoms with Crippen molar-refractivity contribution in [1.29, 1.82) is 0 Å². The Balaban J connectivity index is 1.97. The van der Waals surface area contributed by atoms with Crippen molar-refractivity contribution in [3.05, 3.63) is 53.2 Å². The Morgan fingerprint density at radius 2 is 1.75 bits per heavy atom. The number of anilines is 2. The maximum Gasteiger partial charge on any atom is 0.258 e. The van der Waals surface area contributed by atoms with Gasteiger partial charge in [-0.25, -0.2) is 0 Å². The first-order valence-corrected chi connectivity index (χ1v) is 8.92. The Labute approximate surface area is 163 Å². The minimum Gasteiger partial charge on any atom is -0.493 e. The Hall–Kier alpha value is -3.48. The highest BCUT2D eigenvalue weighted by molar-refractivity contribution is 6.32. The first-order chi connectivity index (χ1) is 13.5. The van der Waals surface area contributed by atoms with Gasteiger partial charge >= 0.3 is 0 Å². The van der Waals surface area contributed by atoms with Crippen LogP contribution in [0.25, 0.3) is 5.57 Å². The molecule has 2 aromatic carbocycles. The molecule has 4 N–H and O–H groups in total. The lowest BCUT2D eigenvalue weighted by Gasteiger charge is -2.14. The highest BCUT2D eigenvalue weighted by Gasteiger charge is 2.29. The summed E-state index contributed by atoms with van der Waals surface area (Å²) in [5.74, 6) is 0.557. The lowest BCUT2D eigenvalue weighted by molar-refractivity contribution is -0.117. The standard InChI is InChI=1S/C21H23N3O4/c1-4-15(23-13-7-5-12(6-8-13)9-19(22)25)20-14-10-17(27-2)18(28-3)11-16(14)24-21(20)26/h5-8,10-11,23H,4,9H2,1-3H3,(H2,22,25)(H,24,26)/b20-15-. The van der Waals surface area contributed by atoms with Crippen LogP contribution in [-0.4, -0.2) is 26.0 Å². The minimum absolute atomic E-state index is 0.181. The van der Waals surface area contributed by atoms with Gasteiger partial charge in [0.05, 0.1) is 31.9 Å². The number of methoxy groups -OCH3 is 2. The SMILES string of the molecule is CC/C(Nc1ccc(CC(N)=O)cc1)=C1/C(=O)Nc2cc(OC)c(OC)cc21. The Morgan fingerprint density at radius 3 is 2.32 bits per heavy atom. The number of hydrogen-bond donors (Lipinski definition) is 3. The molecular formula is C21H23N3O4. The van der Waals surface area contributed by atoms with Crippen LogP contribution in [0.15, 0.2) is 42.1 Å². The molecule has 146 valence electrons. The summed E-state index contributed by atoms with van der Waals surface area (Å²) in [6.45, 7) is 1.98. The van der Waals surface area contributed by atoms with Gasteiger partial charge in [-0.1, -0.05) is 19.1 Å². The second kappa shape index (κ2) is 8.04. The van der Waals surface area contributed by atoms with E-state index in [1.807, 2.05) is 31.2 Å². The molecule has 3 rings (SSSR count). The largest absolute Gasteiger partial charge is 0.493 e. The lowest BCUT2D eigenvalue weighted by atomic mass is 10.0. The molecule has 1 aliphatic heterocycles. The summed E-state index contributed by atoms with van der Waals surface area (Å²) < 4.78 is 10.7. The van der Waals surface area contributed by atoms with Crippen molar-refractivity contribution in [2.24, 2.45) is 5.73 Å². The number of allylic oxidation sites excluding steroid dienone is 1. The van der Waals surface area contributed by atoms with E-state index < -0.39 is 0 Å². The zero-order valence-corrected chi connectivity index (χ0v) is 16.1. The number of rotatable bonds is 7. The van der Waals surface area contributed by atoms with Gasteiger partial charge in [-0.15, -0.1) is 0 Å². The number of fused-ring (bicyclic) bond motifs is 1. The molecule has 0 saturated heterocycles. The number of carbonyl (C=O) groups is 2. The number of amides is 2. The van der Waals surface area contributed by atoms with Gasteiger partial charge in [0, 0.05) is 23.0 Å². The quantitative estimate of drug-likeness (QED) is 0.640. The van der Waals surface area contributed by atoms with Crippen LogP contribution in [0.2, 0.25) is 0 Å². The van der Waals surface area contributed by atoms with Crippen LogP contribution < -0.4 is 25.8 Å². The van der Waals surface area contributed by atoms with Gasteiger partial charge in [-0.05, 0) is 30.2 Å². The summed E-state index contributed by atoms with van der Waals surface area (Å²) in [4.78, 5) is 23.7. The fourth-order valence-corrected chi connectivity index (χ4v) is 3.20. The Bertz CT molecular complexity index is 949. The third-order valence-electron chi connectivity index (χ3n) is 4.55. The summed E-state index contributed by atoms with van der Waals surface area (Å²) in [6, 6.07) is 10.9. The number of carbonyl (C=O) groups excluding carboxylic acids is 2. The predicted octanol–water partition coefficient (Wildman–Crippen LogP) is 2.92. The van der Waals surface area contributed by atoms with Gasteiger partial charge in [0.2, 0.25) is 5.91 Å². The zero-order chi connectivity index (χ0) is 20.3. The fourth-order valence-electron chi connectivity index (χ4n) is 3.20. The molecule has 0 fully saturated rings. The van der Waals surface area contributed by atoms with E-state index in [2.05, 4.69) is 10.6 Å². The normalized spacial score (nSPS) is 14.2. The number of benzene rings is 2. The average molecular weight is 381 g/mol.